The van der Waals surface area contributed by atoms with Crippen molar-refractivity contribution >= 4 is 51.5 Å². The van der Waals surface area contributed by atoms with Gasteiger partial charge in [0.1, 0.15) is 11.3 Å². The molecule has 0 saturated carbocycles. The van der Waals surface area contributed by atoms with Crippen LogP contribution >= 0.6 is 0 Å². The van der Waals surface area contributed by atoms with Gasteiger partial charge in [0.05, 0.1) is 27.8 Å². The molecule has 4 aromatic carbocycles. The Morgan fingerprint density at radius 1 is 0.925 bits per heavy atom. The summed E-state index contributed by atoms with van der Waals surface area (Å²) in [4.78, 5) is 65.1. The molecule has 0 bridgehead atoms. The van der Waals surface area contributed by atoms with Crippen LogP contribution in [-0.2, 0) is 9.59 Å². The molecular weight excluding hydrogens is 514 g/mol. The van der Waals surface area contributed by atoms with Gasteiger partial charge in [-0.25, -0.2) is 4.90 Å². The number of ether oxygens (including phenoxy) is 1. The van der Waals surface area contributed by atoms with Crippen LogP contribution in [-0.4, -0.2) is 35.2 Å². The zero-order valence-electron chi connectivity index (χ0n) is 21.2. The van der Waals surface area contributed by atoms with E-state index in [0.29, 0.717) is 5.56 Å². The number of rotatable bonds is 5. The van der Waals surface area contributed by atoms with Gasteiger partial charge in [-0.1, -0.05) is 42.5 Å². The standard InChI is InChI=1S/C30H21N3O7/c1-17-14-20(12-13-23(17)32-28(35)22-9-5-11-25(33(38)39)27(22)29(32)36)40-30(37)19-15-26(34)31(16-19)24-10-4-7-18-6-2-3-8-21(18)24/h2-14,19H,15-16H2,1H3/t19-/m1/s1. The fraction of sp³-hybridized carbons (Fsp3) is 0.133. The number of benzene rings is 4. The highest BCUT2D eigenvalue weighted by Crippen LogP contribution is 2.37. The maximum atomic E-state index is 13.1. The van der Waals surface area contributed by atoms with Crippen LogP contribution in [0.4, 0.5) is 17.1 Å². The topological polar surface area (TPSA) is 127 Å². The maximum absolute atomic E-state index is 13.1. The summed E-state index contributed by atoms with van der Waals surface area (Å²) < 4.78 is 5.59. The molecule has 2 aliphatic rings. The highest BCUT2D eigenvalue weighted by Gasteiger charge is 2.42. The molecule has 0 N–H and O–H groups in total. The summed E-state index contributed by atoms with van der Waals surface area (Å²) in [6.07, 6.45) is 0.00688. The van der Waals surface area contributed by atoms with Crippen molar-refractivity contribution in [3.05, 3.63) is 106 Å². The average Bonchev–Trinajstić information content (AvgIpc) is 3.45. The first-order valence-corrected chi connectivity index (χ1v) is 12.5. The van der Waals surface area contributed by atoms with Gasteiger partial charge in [-0.15, -0.1) is 0 Å². The number of hydrogen-bond donors (Lipinski definition) is 0. The molecule has 0 unspecified atom stereocenters. The Morgan fingerprint density at radius 2 is 1.68 bits per heavy atom. The van der Waals surface area contributed by atoms with E-state index < -0.39 is 34.3 Å². The van der Waals surface area contributed by atoms with E-state index in [1.807, 2.05) is 42.5 Å². The molecule has 2 heterocycles. The number of imide groups is 1. The van der Waals surface area contributed by atoms with E-state index in [1.165, 1.54) is 36.4 Å². The van der Waals surface area contributed by atoms with Gasteiger partial charge in [-0.3, -0.25) is 29.3 Å². The molecule has 0 radical (unpaired) electrons. The minimum Gasteiger partial charge on any atom is -0.426 e. The molecule has 198 valence electrons. The fourth-order valence-electron chi connectivity index (χ4n) is 5.32. The normalized spacial score (nSPS) is 16.5. The van der Waals surface area contributed by atoms with Crippen LogP contribution in [0.3, 0.4) is 0 Å². The van der Waals surface area contributed by atoms with Crippen LogP contribution in [0.25, 0.3) is 10.8 Å². The van der Waals surface area contributed by atoms with E-state index in [0.717, 1.165) is 21.4 Å². The molecule has 3 amide bonds. The SMILES string of the molecule is Cc1cc(OC(=O)[C@@H]2CC(=O)N(c3cccc4ccccc34)C2)ccc1N1C(=O)c2cccc([N+](=O)[O-])c2C1=O. The summed E-state index contributed by atoms with van der Waals surface area (Å²) in [5.74, 6) is -2.70. The van der Waals surface area contributed by atoms with Gasteiger partial charge < -0.3 is 9.64 Å². The van der Waals surface area contributed by atoms with E-state index in [-0.39, 0.29) is 41.4 Å². The third-order valence-corrected chi connectivity index (χ3v) is 7.23. The lowest BCUT2D eigenvalue weighted by Crippen LogP contribution is -2.30. The Hall–Kier alpha value is -5.38. The third-order valence-electron chi connectivity index (χ3n) is 7.23. The largest absolute Gasteiger partial charge is 0.426 e. The predicted molar refractivity (Wildman–Crippen MR) is 145 cm³/mol. The van der Waals surface area contributed by atoms with Crippen molar-refractivity contribution in [2.24, 2.45) is 5.92 Å². The minimum absolute atomic E-state index is 0.00688. The summed E-state index contributed by atoms with van der Waals surface area (Å²) in [6.45, 7) is 1.81. The van der Waals surface area contributed by atoms with E-state index in [1.54, 1.807) is 11.8 Å². The van der Waals surface area contributed by atoms with Gasteiger partial charge >= 0.3 is 5.97 Å². The van der Waals surface area contributed by atoms with Crippen LogP contribution in [0, 0.1) is 23.0 Å². The molecule has 40 heavy (non-hydrogen) atoms. The third kappa shape index (κ3) is 3.97. The number of hydrogen-bond acceptors (Lipinski definition) is 7. The van der Waals surface area contributed by atoms with E-state index in [9.17, 15) is 29.3 Å². The number of nitro groups is 1. The number of amides is 3. The second-order valence-corrected chi connectivity index (χ2v) is 9.68. The van der Waals surface area contributed by atoms with Crippen LogP contribution in [0.2, 0.25) is 0 Å². The fourth-order valence-corrected chi connectivity index (χ4v) is 5.32. The average molecular weight is 536 g/mol. The highest BCUT2D eigenvalue weighted by atomic mass is 16.6. The maximum Gasteiger partial charge on any atom is 0.316 e. The quantitative estimate of drug-likeness (QED) is 0.118. The van der Waals surface area contributed by atoms with Gasteiger partial charge in [0.15, 0.2) is 0 Å². The zero-order valence-corrected chi connectivity index (χ0v) is 21.2. The van der Waals surface area contributed by atoms with Crippen molar-refractivity contribution in [2.45, 2.75) is 13.3 Å². The molecule has 6 rings (SSSR count). The first-order chi connectivity index (χ1) is 19.2. The summed E-state index contributed by atoms with van der Waals surface area (Å²) >= 11 is 0. The van der Waals surface area contributed by atoms with E-state index in [4.69, 9.17) is 4.74 Å². The number of carbonyl (C=O) groups excluding carboxylic acids is 4. The van der Waals surface area contributed by atoms with Crippen molar-refractivity contribution in [1.82, 2.24) is 0 Å². The van der Waals surface area contributed by atoms with Crippen molar-refractivity contribution in [1.29, 1.82) is 0 Å². The van der Waals surface area contributed by atoms with Gasteiger partial charge in [-0.05, 0) is 48.2 Å². The van der Waals surface area contributed by atoms with Gasteiger partial charge in [0.2, 0.25) is 5.91 Å². The zero-order chi connectivity index (χ0) is 28.1. The lowest BCUT2D eigenvalue weighted by Gasteiger charge is -2.19. The monoisotopic (exact) mass is 535 g/mol. The number of aryl methyl sites for hydroxylation is 1. The van der Waals surface area contributed by atoms with Crippen molar-refractivity contribution in [3.8, 4) is 5.75 Å². The van der Waals surface area contributed by atoms with Crippen LogP contribution in [0.5, 0.6) is 5.75 Å². The van der Waals surface area contributed by atoms with Gasteiger partial charge in [0.25, 0.3) is 17.5 Å². The molecule has 0 spiro atoms. The highest BCUT2D eigenvalue weighted by molar-refractivity contribution is 6.35. The Balaban J connectivity index is 1.20. The summed E-state index contributed by atoms with van der Waals surface area (Å²) in [6, 6.07) is 21.7. The van der Waals surface area contributed by atoms with Crippen molar-refractivity contribution < 1.29 is 28.8 Å². The Morgan fingerprint density at radius 3 is 2.45 bits per heavy atom. The second-order valence-electron chi connectivity index (χ2n) is 9.68. The summed E-state index contributed by atoms with van der Waals surface area (Å²) in [7, 11) is 0. The number of nitrogens with zero attached hydrogens (tertiary/aromatic N) is 3. The first kappa shape index (κ1) is 24.9. The van der Waals surface area contributed by atoms with Gasteiger partial charge in [0, 0.05) is 24.4 Å². The Labute approximate surface area is 227 Å². The van der Waals surface area contributed by atoms with Crippen LogP contribution < -0.4 is 14.5 Å². The number of anilines is 2. The van der Waals surface area contributed by atoms with E-state index >= 15 is 0 Å². The molecule has 0 aliphatic carbocycles. The molecule has 1 fully saturated rings. The lowest BCUT2D eigenvalue weighted by molar-refractivity contribution is -0.385. The van der Waals surface area contributed by atoms with Gasteiger partial charge in [-0.2, -0.15) is 0 Å². The number of esters is 1. The number of carbonyl (C=O) groups is 4. The van der Waals surface area contributed by atoms with Crippen LogP contribution in [0.15, 0.2) is 78.9 Å². The summed E-state index contributed by atoms with van der Waals surface area (Å²) in [5, 5.41) is 13.3. The predicted octanol–water partition coefficient (Wildman–Crippen LogP) is 4.82. The number of fused-ring (bicyclic) bond motifs is 2. The number of nitro benzene ring substituents is 1. The second kappa shape index (κ2) is 9.42. The molecule has 4 aromatic rings. The first-order valence-electron chi connectivity index (χ1n) is 12.5. The molecule has 1 atom stereocenters. The smallest absolute Gasteiger partial charge is 0.316 e. The molecule has 0 aromatic heterocycles. The lowest BCUT2D eigenvalue weighted by atomic mass is 10.1. The van der Waals surface area contributed by atoms with Crippen molar-refractivity contribution in [2.75, 3.05) is 16.3 Å². The molecule has 1 saturated heterocycles. The Kier molecular flexibility index (Phi) is 5.87. The minimum atomic E-state index is -0.793. The molecule has 10 nitrogen and oxygen atoms in total. The Bertz CT molecular complexity index is 1780. The van der Waals surface area contributed by atoms with Crippen molar-refractivity contribution in [3.63, 3.8) is 0 Å². The molecular formula is C30H21N3O7. The van der Waals surface area contributed by atoms with E-state index in [2.05, 4.69) is 0 Å². The molecule has 10 heteroatoms. The summed E-state index contributed by atoms with van der Waals surface area (Å²) in [5.41, 5.74) is 0.663. The molecule has 2 aliphatic heterocycles. The van der Waals surface area contributed by atoms with Crippen LogP contribution in [0.1, 0.15) is 32.7 Å².